The van der Waals surface area contributed by atoms with Crippen molar-refractivity contribution in [3.05, 3.63) is 66.6 Å². The van der Waals surface area contributed by atoms with Crippen LogP contribution in [-0.2, 0) is 13.1 Å². The molecule has 3 nitrogen and oxygen atoms in total. The standard InChI is InChI=1S/C15H17NO2/c1-2-8-17-14-6-3-5-13(10-14)11-16-12-15-7-4-9-18-15/h2-7,9-10,16H,1,8,11-12H2. The first-order valence-electron chi connectivity index (χ1n) is 5.94. The summed E-state index contributed by atoms with van der Waals surface area (Å²) in [5.41, 5.74) is 1.18. The Balaban J connectivity index is 1.83. The van der Waals surface area contributed by atoms with E-state index in [4.69, 9.17) is 9.15 Å². The highest BCUT2D eigenvalue weighted by atomic mass is 16.5. The molecule has 0 bridgehead atoms. The number of furan rings is 1. The van der Waals surface area contributed by atoms with E-state index in [1.165, 1.54) is 5.56 Å². The molecule has 0 saturated heterocycles. The molecule has 0 radical (unpaired) electrons. The van der Waals surface area contributed by atoms with Crippen molar-refractivity contribution in [2.45, 2.75) is 13.1 Å². The molecule has 0 atom stereocenters. The van der Waals surface area contributed by atoms with Gasteiger partial charge in [-0.15, -0.1) is 0 Å². The minimum absolute atomic E-state index is 0.531. The van der Waals surface area contributed by atoms with Crippen molar-refractivity contribution >= 4 is 0 Å². The zero-order chi connectivity index (χ0) is 12.6. The van der Waals surface area contributed by atoms with Gasteiger partial charge in [-0.05, 0) is 29.8 Å². The summed E-state index contributed by atoms with van der Waals surface area (Å²) in [5, 5.41) is 3.32. The summed E-state index contributed by atoms with van der Waals surface area (Å²) in [6, 6.07) is 11.9. The summed E-state index contributed by atoms with van der Waals surface area (Å²) in [6.45, 7) is 5.67. The first-order chi connectivity index (χ1) is 8.88. The van der Waals surface area contributed by atoms with Gasteiger partial charge in [0.15, 0.2) is 0 Å². The second-order valence-electron chi connectivity index (χ2n) is 3.93. The van der Waals surface area contributed by atoms with E-state index in [1.54, 1.807) is 12.3 Å². The summed E-state index contributed by atoms with van der Waals surface area (Å²) in [4.78, 5) is 0. The van der Waals surface area contributed by atoms with Crippen LogP contribution in [0.1, 0.15) is 11.3 Å². The summed E-state index contributed by atoms with van der Waals surface area (Å²) in [7, 11) is 0. The van der Waals surface area contributed by atoms with Crippen molar-refractivity contribution in [3.8, 4) is 5.75 Å². The smallest absolute Gasteiger partial charge is 0.120 e. The molecule has 0 spiro atoms. The van der Waals surface area contributed by atoms with Crippen molar-refractivity contribution in [1.29, 1.82) is 0 Å². The Bertz CT molecular complexity index is 477. The highest BCUT2D eigenvalue weighted by Gasteiger charge is 1.98. The van der Waals surface area contributed by atoms with Gasteiger partial charge < -0.3 is 14.5 Å². The minimum atomic E-state index is 0.531. The molecule has 1 aromatic heterocycles. The predicted octanol–water partition coefficient (Wildman–Crippen LogP) is 3.13. The van der Waals surface area contributed by atoms with Crippen LogP contribution >= 0.6 is 0 Å². The van der Waals surface area contributed by atoms with E-state index in [2.05, 4.69) is 18.0 Å². The maximum atomic E-state index is 5.48. The number of benzene rings is 1. The maximum Gasteiger partial charge on any atom is 0.120 e. The average Bonchev–Trinajstić information content (AvgIpc) is 2.90. The van der Waals surface area contributed by atoms with E-state index in [0.29, 0.717) is 6.61 Å². The van der Waals surface area contributed by atoms with Crippen molar-refractivity contribution in [2.24, 2.45) is 0 Å². The number of hydrogen-bond acceptors (Lipinski definition) is 3. The Hall–Kier alpha value is -2.00. The Morgan fingerprint density at radius 3 is 2.94 bits per heavy atom. The van der Waals surface area contributed by atoms with Gasteiger partial charge in [-0.1, -0.05) is 24.8 Å². The van der Waals surface area contributed by atoms with Gasteiger partial charge in [-0.25, -0.2) is 0 Å². The summed E-state index contributed by atoms with van der Waals surface area (Å²) in [6.07, 6.45) is 3.42. The van der Waals surface area contributed by atoms with Gasteiger partial charge in [-0.3, -0.25) is 0 Å². The fourth-order valence-corrected chi connectivity index (χ4v) is 1.64. The van der Waals surface area contributed by atoms with E-state index in [-0.39, 0.29) is 0 Å². The molecule has 18 heavy (non-hydrogen) atoms. The second kappa shape index (κ2) is 6.67. The fourth-order valence-electron chi connectivity index (χ4n) is 1.64. The van der Waals surface area contributed by atoms with Gasteiger partial charge in [0.2, 0.25) is 0 Å². The molecular formula is C15H17NO2. The molecule has 1 aromatic carbocycles. The first kappa shape index (κ1) is 12.5. The topological polar surface area (TPSA) is 34.4 Å². The first-order valence-corrected chi connectivity index (χ1v) is 5.94. The van der Waals surface area contributed by atoms with Gasteiger partial charge >= 0.3 is 0 Å². The molecule has 1 heterocycles. The van der Waals surface area contributed by atoms with Crippen LogP contribution in [0.15, 0.2) is 59.7 Å². The SMILES string of the molecule is C=CCOc1cccc(CNCc2ccco2)c1. The van der Waals surface area contributed by atoms with Crippen LogP contribution in [-0.4, -0.2) is 6.61 Å². The molecule has 1 N–H and O–H groups in total. The molecular weight excluding hydrogens is 226 g/mol. The van der Waals surface area contributed by atoms with E-state index in [0.717, 1.165) is 24.6 Å². The third-order valence-electron chi connectivity index (χ3n) is 2.47. The lowest BCUT2D eigenvalue weighted by atomic mass is 10.2. The lowest BCUT2D eigenvalue weighted by Crippen LogP contribution is -2.12. The van der Waals surface area contributed by atoms with E-state index < -0.39 is 0 Å². The number of rotatable bonds is 7. The normalized spacial score (nSPS) is 10.2. The van der Waals surface area contributed by atoms with Crippen LogP contribution in [0.5, 0.6) is 5.75 Å². The number of ether oxygens (including phenoxy) is 1. The van der Waals surface area contributed by atoms with Gasteiger partial charge in [0.1, 0.15) is 18.1 Å². The number of hydrogen-bond donors (Lipinski definition) is 1. The summed E-state index contributed by atoms with van der Waals surface area (Å²) >= 11 is 0. The molecule has 0 aliphatic rings. The van der Waals surface area contributed by atoms with Gasteiger partial charge in [-0.2, -0.15) is 0 Å². The third-order valence-corrected chi connectivity index (χ3v) is 2.47. The van der Waals surface area contributed by atoms with E-state index in [1.807, 2.05) is 30.3 Å². The molecule has 2 aromatic rings. The lowest BCUT2D eigenvalue weighted by Gasteiger charge is -2.07. The molecule has 0 amide bonds. The zero-order valence-corrected chi connectivity index (χ0v) is 10.3. The van der Waals surface area contributed by atoms with Crippen molar-refractivity contribution < 1.29 is 9.15 Å². The molecule has 3 heteroatoms. The lowest BCUT2D eigenvalue weighted by molar-refractivity contribution is 0.362. The van der Waals surface area contributed by atoms with Crippen LogP contribution < -0.4 is 10.1 Å². The summed E-state index contributed by atoms with van der Waals surface area (Å²) < 4.78 is 10.7. The molecule has 2 rings (SSSR count). The fraction of sp³-hybridized carbons (Fsp3) is 0.200. The highest BCUT2D eigenvalue weighted by Crippen LogP contribution is 2.13. The van der Waals surface area contributed by atoms with Crippen LogP contribution in [0, 0.1) is 0 Å². The van der Waals surface area contributed by atoms with E-state index >= 15 is 0 Å². The Morgan fingerprint density at radius 2 is 2.17 bits per heavy atom. The molecule has 0 saturated carbocycles. The maximum absolute atomic E-state index is 5.48. The minimum Gasteiger partial charge on any atom is -0.490 e. The van der Waals surface area contributed by atoms with Crippen LogP contribution in [0.4, 0.5) is 0 Å². The highest BCUT2D eigenvalue weighted by molar-refractivity contribution is 5.28. The van der Waals surface area contributed by atoms with Crippen molar-refractivity contribution in [2.75, 3.05) is 6.61 Å². The zero-order valence-electron chi connectivity index (χ0n) is 10.3. The Morgan fingerprint density at radius 1 is 1.22 bits per heavy atom. The molecule has 0 unspecified atom stereocenters. The summed E-state index contributed by atoms with van der Waals surface area (Å²) in [5.74, 6) is 1.81. The van der Waals surface area contributed by atoms with Crippen LogP contribution in [0.3, 0.4) is 0 Å². The van der Waals surface area contributed by atoms with Crippen molar-refractivity contribution in [1.82, 2.24) is 5.32 Å². The molecule has 0 aliphatic carbocycles. The molecule has 94 valence electrons. The largest absolute Gasteiger partial charge is 0.490 e. The van der Waals surface area contributed by atoms with Gasteiger partial charge in [0.05, 0.1) is 12.8 Å². The van der Waals surface area contributed by atoms with Gasteiger partial charge in [0, 0.05) is 6.54 Å². The average molecular weight is 243 g/mol. The Labute approximate surface area is 107 Å². The number of nitrogens with one attached hydrogen (secondary N) is 1. The quantitative estimate of drug-likeness (QED) is 0.759. The van der Waals surface area contributed by atoms with Crippen LogP contribution in [0.2, 0.25) is 0 Å². The monoisotopic (exact) mass is 243 g/mol. The second-order valence-corrected chi connectivity index (χ2v) is 3.93. The third kappa shape index (κ3) is 3.79. The van der Waals surface area contributed by atoms with Gasteiger partial charge in [0.25, 0.3) is 0 Å². The Kier molecular flexibility index (Phi) is 4.61. The predicted molar refractivity (Wildman–Crippen MR) is 71.4 cm³/mol. The molecule has 0 aliphatic heterocycles. The van der Waals surface area contributed by atoms with Crippen LogP contribution in [0.25, 0.3) is 0 Å². The van der Waals surface area contributed by atoms with E-state index in [9.17, 15) is 0 Å². The van der Waals surface area contributed by atoms with Crippen molar-refractivity contribution in [3.63, 3.8) is 0 Å². The molecule has 0 fully saturated rings.